The number of halogens is 6. The summed E-state index contributed by atoms with van der Waals surface area (Å²) in [7, 11) is 3.87. The Morgan fingerprint density at radius 3 is 2.24 bits per heavy atom. The standard InChI is InChI=1S/C23H19F6N5O3/c1-33-10-14(20(32-33)23(27,28)29)12-4-5-34-15(9-30-18(34)8-12)13-6-16(36-2)19(17(7-13)37-3)21(35)31-11-22(24,25)26/h4-10H,11H2,1-3H3,(H,31,35). The first-order valence-electron chi connectivity index (χ1n) is 10.5. The number of amides is 1. The Kier molecular flexibility index (Phi) is 6.52. The van der Waals surface area contributed by atoms with Crippen molar-refractivity contribution in [2.24, 2.45) is 7.05 Å². The third-order valence-electron chi connectivity index (χ3n) is 5.40. The molecular weight excluding hydrogens is 508 g/mol. The molecule has 0 aliphatic heterocycles. The lowest BCUT2D eigenvalue weighted by molar-refractivity contribution is -0.141. The molecule has 1 aromatic carbocycles. The Bertz CT molecular complexity index is 1450. The topological polar surface area (TPSA) is 82.7 Å². The number of aromatic nitrogens is 4. The molecule has 1 N–H and O–H groups in total. The fraction of sp³-hybridized carbons (Fsp3) is 0.261. The van der Waals surface area contributed by atoms with E-state index in [4.69, 9.17) is 9.47 Å². The first kappa shape index (κ1) is 25.9. The van der Waals surface area contributed by atoms with Crippen molar-refractivity contribution in [1.29, 1.82) is 0 Å². The number of alkyl halides is 6. The predicted octanol–water partition coefficient (Wildman–Crippen LogP) is 4.73. The van der Waals surface area contributed by atoms with Gasteiger partial charge in [-0.1, -0.05) is 0 Å². The van der Waals surface area contributed by atoms with Gasteiger partial charge in [-0.15, -0.1) is 0 Å². The number of pyridine rings is 1. The van der Waals surface area contributed by atoms with E-state index in [1.807, 2.05) is 0 Å². The molecule has 0 bridgehead atoms. The highest BCUT2D eigenvalue weighted by Gasteiger charge is 2.37. The summed E-state index contributed by atoms with van der Waals surface area (Å²) in [6.07, 6.45) is -5.03. The van der Waals surface area contributed by atoms with Crippen LogP contribution in [0.3, 0.4) is 0 Å². The van der Waals surface area contributed by atoms with Gasteiger partial charge in [0.25, 0.3) is 5.91 Å². The molecule has 0 unspecified atom stereocenters. The summed E-state index contributed by atoms with van der Waals surface area (Å²) in [6.45, 7) is -1.54. The lowest BCUT2D eigenvalue weighted by Crippen LogP contribution is -2.34. The zero-order valence-electron chi connectivity index (χ0n) is 19.5. The number of nitrogens with one attached hydrogen (secondary N) is 1. The Labute approximate surface area is 205 Å². The second kappa shape index (κ2) is 9.33. The van der Waals surface area contributed by atoms with Crippen molar-refractivity contribution in [2.75, 3.05) is 20.8 Å². The molecule has 8 nitrogen and oxygen atoms in total. The fourth-order valence-corrected chi connectivity index (χ4v) is 3.82. The SMILES string of the molecule is COc1cc(-c2cnc3cc(-c4cn(C)nc4C(F)(F)F)ccn23)cc(OC)c1C(=O)NCC(F)(F)F. The average Bonchev–Trinajstić information content (AvgIpc) is 3.44. The van der Waals surface area contributed by atoms with Crippen LogP contribution < -0.4 is 14.8 Å². The van der Waals surface area contributed by atoms with Gasteiger partial charge in [-0.25, -0.2) is 4.98 Å². The zero-order valence-corrected chi connectivity index (χ0v) is 19.5. The van der Waals surface area contributed by atoms with Crippen LogP contribution in [0, 0.1) is 0 Å². The monoisotopic (exact) mass is 527 g/mol. The van der Waals surface area contributed by atoms with Gasteiger partial charge in [0.05, 0.1) is 26.1 Å². The fourth-order valence-electron chi connectivity index (χ4n) is 3.82. The van der Waals surface area contributed by atoms with E-state index in [-0.39, 0.29) is 28.2 Å². The van der Waals surface area contributed by atoms with Crippen molar-refractivity contribution in [1.82, 2.24) is 24.5 Å². The number of benzene rings is 1. The van der Waals surface area contributed by atoms with E-state index in [1.165, 1.54) is 64.1 Å². The van der Waals surface area contributed by atoms with Crippen molar-refractivity contribution < 1.29 is 40.6 Å². The Morgan fingerprint density at radius 1 is 1.03 bits per heavy atom. The third-order valence-corrected chi connectivity index (χ3v) is 5.40. The van der Waals surface area contributed by atoms with Gasteiger partial charge in [0.1, 0.15) is 29.3 Å². The van der Waals surface area contributed by atoms with E-state index in [0.29, 0.717) is 16.9 Å². The molecule has 196 valence electrons. The molecular formula is C23H19F6N5O3. The molecule has 0 spiro atoms. The van der Waals surface area contributed by atoms with Crippen LogP contribution in [-0.2, 0) is 13.2 Å². The van der Waals surface area contributed by atoms with Gasteiger partial charge in [0, 0.05) is 30.6 Å². The van der Waals surface area contributed by atoms with Gasteiger partial charge in [-0.2, -0.15) is 31.4 Å². The van der Waals surface area contributed by atoms with Crippen molar-refractivity contribution in [3.8, 4) is 33.9 Å². The average molecular weight is 527 g/mol. The molecule has 0 radical (unpaired) electrons. The van der Waals surface area contributed by atoms with Gasteiger partial charge >= 0.3 is 12.4 Å². The molecule has 3 aromatic heterocycles. The highest BCUT2D eigenvalue weighted by molar-refractivity contribution is 6.00. The van der Waals surface area contributed by atoms with Crippen molar-refractivity contribution in [3.63, 3.8) is 0 Å². The summed E-state index contributed by atoms with van der Waals surface area (Å²) in [5, 5.41) is 5.30. The molecule has 0 aliphatic carbocycles. The van der Waals surface area contributed by atoms with Crippen LogP contribution in [0.5, 0.6) is 11.5 Å². The Hall–Kier alpha value is -4.23. The van der Waals surface area contributed by atoms with Crippen molar-refractivity contribution in [2.45, 2.75) is 12.4 Å². The largest absolute Gasteiger partial charge is 0.496 e. The number of carbonyl (C=O) groups is 1. The van der Waals surface area contributed by atoms with Crippen LogP contribution >= 0.6 is 0 Å². The van der Waals surface area contributed by atoms with Crippen molar-refractivity contribution in [3.05, 3.63) is 54.1 Å². The van der Waals surface area contributed by atoms with Gasteiger partial charge in [0.15, 0.2) is 5.69 Å². The number of carbonyl (C=O) groups excluding carboxylic acids is 1. The highest BCUT2D eigenvalue weighted by atomic mass is 19.4. The normalized spacial score (nSPS) is 12.1. The minimum Gasteiger partial charge on any atom is -0.496 e. The van der Waals surface area contributed by atoms with E-state index < -0.39 is 30.5 Å². The number of methoxy groups -OCH3 is 2. The van der Waals surface area contributed by atoms with Gasteiger partial charge < -0.3 is 14.8 Å². The molecule has 4 rings (SSSR count). The first-order chi connectivity index (χ1) is 17.3. The summed E-state index contributed by atoms with van der Waals surface area (Å²) >= 11 is 0. The van der Waals surface area contributed by atoms with E-state index in [1.54, 1.807) is 9.72 Å². The lowest BCUT2D eigenvalue weighted by atomic mass is 10.1. The van der Waals surface area contributed by atoms with E-state index >= 15 is 0 Å². The van der Waals surface area contributed by atoms with Crippen LogP contribution in [0.25, 0.3) is 28.0 Å². The Balaban J connectivity index is 1.76. The maximum absolute atomic E-state index is 13.4. The summed E-state index contributed by atoms with van der Waals surface area (Å²) < 4.78 is 91.1. The zero-order chi connectivity index (χ0) is 27.1. The molecule has 0 fully saturated rings. The lowest BCUT2D eigenvalue weighted by Gasteiger charge is -2.16. The second-order valence-electron chi connectivity index (χ2n) is 7.90. The number of nitrogens with zero attached hydrogens (tertiary/aromatic N) is 4. The molecule has 1 amide bonds. The number of fused-ring (bicyclic) bond motifs is 1. The van der Waals surface area contributed by atoms with Gasteiger partial charge in [-0.3, -0.25) is 13.9 Å². The number of hydrogen-bond donors (Lipinski definition) is 1. The maximum atomic E-state index is 13.4. The summed E-state index contributed by atoms with van der Waals surface area (Å²) in [5.41, 5.74) is 0.0811. The van der Waals surface area contributed by atoms with E-state index in [0.717, 1.165) is 4.68 Å². The summed E-state index contributed by atoms with van der Waals surface area (Å²) in [5.74, 6) is -1.14. The number of hydrogen-bond acceptors (Lipinski definition) is 5. The Morgan fingerprint density at radius 2 is 1.68 bits per heavy atom. The summed E-state index contributed by atoms with van der Waals surface area (Å²) in [4.78, 5) is 16.7. The molecule has 37 heavy (non-hydrogen) atoms. The number of imidazole rings is 1. The molecule has 0 atom stereocenters. The molecule has 0 saturated carbocycles. The minimum atomic E-state index is -4.65. The molecule has 14 heteroatoms. The molecule has 3 heterocycles. The molecule has 0 saturated heterocycles. The van der Waals surface area contributed by atoms with E-state index in [9.17, 15) is 31.1 Å². The number of ether oxygens (including phenoxy) is 2. The summed E-state index contributed by atoms with van der Waals surface area (Å²) in [6, 6.07) is 5.78. The molecule has 0 aliphatic rings. The third kappa shape index (κ3) is 5.17. The molecule has 4 aromatic rings. The van der Waals surface area contributed by atoms with E-state index in [2.05, 4.69) is 10.1 Å². The van der Waals surface area contributed by atoms with Crippen LogP contribution in [0.1, 0.15) is 16.1 Å². The van der Waals surface area contributed by atoms with Crippen LogP contribution in [0.4, 0.5) is 26.3 Å². The van der Waals surface area contributed by atoms with Crippen molar-refractivity contribution >= 4 is 11.6 Å². The smallest absolute Gasteiger partial charge is 0.435 e. The van der Waals surface area contributed by atoms with Crippen LogP contribution in [0.2, 0.25) is 0 Å². The van der Waals surface area contributed by atoms with Gasteiger partial charge in [-0.05, 0) is 29.8 Å². The quantitative estimate of drug-likeness (QED) is 0.367. The van der Waals surface area contributed by atoms with Gasteiger partial charge in [0.2, 0.25) is 0 Å². The van der Waals surface area contributed by atoms with Crippen LogP contribution in [0.15, 0.2) is 42.9 Å². The minimum absolute atomic E-state index is 0.0502. The number of aryl methyl sites for hydroxylation is 1. The first-order valence-corrected chi connectivity index (χ1v) is 10.5. The highest BCUT2D eigenvalue weighted by Crippen LogP contribution is 2.38. The maximum Gasteiger partial charge on any atom is 0.435 e. The number of rotatable bonds is 6. The van der Waals surface area contributed by atoms with Crippen LogP contribution in [-0.4, -0.2) is 52.0 Å². The predicted molar refractivity (Wildman–Crippen MR) is 119 cm³/mol. The second-order valence-corrected chi connectivity index (χ2v) is 7.90.